The molecule has 0 aromatic rings. The average Bonchev–Trinajstić information content (AvgIpc) is 2.34. The van der Waals surface area contributed by atoms with Crippen molar-refractivity contribution in [1.82, 2.24) is 4.90 Å². The summed E-state index contributed by atoms with van der Waals surface area (Å²) in [5.41, 5.74) is 4.55. The Bertz CT molecular complexity index is 301. The van der Waals surface area contributed by atoms with Gasteiger partial charge in [0.1, 0.15) is 5.60 Å². The molecule has 1 fully saturated rings. The van der Waals surface area contributed by atoms with E-state index in [2.05, 4.69) is 0 Å². The number of rotatable bonds is 4. The molecule has 0 bridgehead atoms. The van der Waals surface area contributed by atoms with Gasteiger partial charge >= 0.3 is 0 Å². The maximum Gasteiger partial charge on any atom is 0.254 e. The highest BCUT2D eigenvalue weighted by Gasteiger charge is 2.41. The van der Waals surface area contributed by atoms with E-state index < -0.39 is 5.60 Å². The van der Waals surface area contributed by atoms with Crippen LogP contribution in [0.15, 0.2) is 0 Å². The van der Waals surface area contributed by atoms with Gasteiger partial charge in [0.05, 0.1) is 11.7 Å². The summed E-state index contributed by atoms with van der Waals surface area (Å²) < 4.78 is 11.2. The van der Waals surface area contributed by atoms with Gasteiger partial charge in [-0.2, -0.15) is 0 Å². The van der Waals surface area contributed by atoms with E-state index >= 15 is 0 Å². The van der Waals surface area contributed by atoms with Gasteiger partial charge in [-0.05, 0) is 27.2 Å². The smallest absolute Gasteiger partial charge is 0.254 e. The van der Waals surface area contributed by atoms with Crippen molar-refractivity contribution in [3.8, 4) is 0 Å². The monoisotopic (exact) mass is 258 g/mol. The Morgan fingerprint density at radius 3 is 2.67 bits per heavy atom. The molecule has 2 N–H and O–H groups in total. The highest BCUT2D eigenvalue weighted by Crippen LogP contribution is 2.25. The fourth-order valence-electron chi connectivity index (χ4n) is 2.29. The number of carbonyl (C=O) groups excluding carboxylic acids is 1. The van der Waals surface area contributed by atoms with Gasteiger partial charge in [0, 0.05) is 26.7 Å². The van der Waals surface area contributed by atoms with Gasteiger partial charge in [0.15, 0.2) is 0 Å². The Morgan fingerprint density at radius 1 is 1.61 bits per heavy atom. The van der Waals surface area contributed by atoms with Gasteiger partial charge in [0.25, 0.3) is 5.91 Å². The summed E-state index contributed by atoms with van der Waals surface area (Å²) >= 11 is 0. The highest BCUT2D eigenvalue weighted by molar-refractivity contribution is 5.85. The first-order valence-corrected chi connectivity index (χ1v) is 6.50. The van der Waals surface area contributed by atoms with Gasteiger partial charge in [-0.25, -0.2) is 0 Å². The van der Waals surface area contributed by atoms with Gasteiger partial charge < -0.3 is 20.1 Å². The van der Waals surface area contributed by atoms with Crippen LogP contribution in [-0.4, -0.2) is 54.9 Å². The normalized spacial score (nSPS) is 26.8. The van der Waals surface area contributed by atoms with Crippen LogP contribution < -0.4 is 5.73 Å². The molecule has 0 spiro atoms. The summed E-state index contributed by atoms with van der Waals surface area (Å²) in [6, 6.07) is 0. The molecular formula is C13H26N2O3. The van der Waals surface area contributed by atoms with E-state index in [4.69, 9.17) is 15.2 Å². The molecule has 18 heavy (non-hydrogen) atoms. The van der Waals surface area contributed by atoms with Gasteiger partial charge in [-0.15, -0.1) is 0 Å². The van der Waals surface area contributed by atoms with E-state index in [0.717, 1.165) is 0 Å². The Balaban J connectivity index is 2.85. The van der Waals surface area contributed by atoms with Crippen molar-refractivity contribution >= 4 is 5.91 Å². The summed E-state index contributed by atoms with van der Waals surface area (Å²) in [5.74, 6) is 0.0160. The maximum atomic E-state index is 12.5. The number of hydrogen-bond acceptors (Lipinski definition) is 4. The highest BCUT2D eigenvalue weighted by atomic mass is 16.5. The summed E-state index contributed by atoms with van der Waals surface area (Å²) in [6.07, 6.45) is 0.545. The summed E-state index contributed by atoms with van der Waals surface area (Å²) in [5, 5.41) is 0. The predicted molar refractivity (Wildman–Crippen MR) is 70.3 cm³/mol. The molecule has 2 atom stereocenters. The first-order valence-electron chi connectivity index (χ1n) is 6.50. The Labute approximate surface area is 110 Å². The van der Waals surface area contributed by atoms with Crippen LogP contribution in [0, 0.1) is 0 Å². The lowest BCUT2D eigenvalue weighted by Gasteiger charge is -2.44. The van der Waals surface area contributed by atoms with Gasteiger partial charge in [0.2, 0.25) is 0 Å². The van der Waals surface area contributed by atoms with Crippen LogP contribution in [0.1, 0.15) is 34.1 Å². The number of carbonyl (C=O) groups is 1. The van der Waals surface area contributed by atoms with E-state index in [1.807, 2.05) is 32.6 Å². The number of morpholine rings is 1. The van der Waals surface area contributed by atoms with Crippen molar-refractivity contribution in [2.24, 2.45) is 5.73 Å². The Kier molecular flexibility index (Phi) is 4.75. The van der Waals surface area contributed by atoms with Crippen molar-refractivity contribution < 1.29 is 14.3 Å². The Hall–Kier alpha value is -0.650. The van der Waals surface area contributed by atoms with Crippen LogP contribution in [0.25, 0.3) is 0 Å². The third-order valence-corrected chi connectivity index (χ3v) is 3.61. The van der Waals surface area contributed by atoms with Crippen LogP contribution in [0.4, 0.5) is 0 Å². The van der Waals surface area contributed by atoms with E-state index in [9.17, 15) is 4.79 Å². The number of hydrogen-bond donors (Lipinski definition) is 1. The molecule has 2 unspecified atom stereocenters. The molecule has 1 aliphatic heterocycles. The van der Waals surface area contributed by atoms with Crippen LogP contribution in [0.2, 0.25) is 0 Å². The van der Waals surface area contributed by atoms with E-state index in [-0.39, 0.29) is 17.6 Å². The first kappa shape index (κ1) is 15.4. The number of ether oxygens (including phenoxy) is 2. The largest absolute Gasteiger partial charge is 0.369 e. The average molecular weight is 258 g/mol. The number of nitrogens with zero attached hydrogens (tertiary/aromatic N) is 1. The lowest BCUT2D eigenvalue weighted by molar-refractivity contribution is -0.176. The molecule has 1 aliphatic rings. The molecule has 1 saturated heterocycles. The van der Waals surface area contributed by atoms with E-state index in [0.29, 0.717) is 26.1 Å². The van der Waals surface area contributed by atoms with Crippen molar-refractivity contribution in [2.45, 2.75) is 51.4 Å². The summed E-state index contributed by atoms with van der Waals surface area (Å²) in [6.45, 7) is 9.26. The summed E-state index contributed by atoms with van der Waals surface area (Å²) in [7, 11) is 1.58. The molecule has 1 amide bonds. The zero-order valence-corrected chi connectivity index (χ0v) is 12.2. The fourth-order valence-corrected chi connectivity index (χ4v) is 2.29. The first-order chi connectivity index (χ1) is 8.28. The fraction of sp³-hybridized carbons (Fsp3) is 0.923. The molecule has 0 aliphatic carbocycles. The topological polar surface area (TPSA) is 64.8 Å². The van der Waals surface area contributed by atoms with Crippen molar-refractivity contribution in [3.63, 3.8) is 0 Å². The molecule has 0 aromatic heterocycles. The van der Waals surface area contributed by atoms with E-state index in [1.165, 1.54) is 0 Å². The van der Waals surface area contributed by atoms with Crippen LogP contribution in [0.5, 0.6) is 0 Å². The van der Waals surface area contributed by atoms with Crippen LogP contribution in [-0.2, 0) is 14.3 Å². The lowest BCUT2D eigenvalue weighted by atomic mass is 9.98. The molecule has 0 saturated carbocycles. The minimum atomic E-state index is -0.757. The van der Waals surface area contributed by atoms with Crippen molar-refractivity contribution in [1.29, 1.82) is 0 Å². The van der Waals surface area contributed by atoms with Crippen molar-refractivity contribution in [2.75, 3.05) is 26.7 Å². The molecule has 0 aromatic carbocycles. The lowest BCUT2D eigenvalue weighted by Crippen LogP contribution is -2.60. The van der Waals surface area contributed by atoms with E-state index in [1.54, 1.807) is 7.11 Å². The second-order valence-corrected chi connectivity index (χ2v) is 5.71. The van der Waals surface area contributed by atoms with Crippen LogP contribution >= 0.6 is 0 Å². The number of nitrogens with two attached hydrogens (primary N) is 1. The zero-order valence-electron chi connectivity index (χ0n) is 12.2. The minimum Gasteiger partial charge on any atom is -0.369 e. The molecule has 5 heteroatoms. The molecule has 0 radical (unpaired) electrons. The molecular weight excluding hydrogens is 232 g/mol. The molecule has 106 valence electrons. The molecule has 1 rings (SSSR count). The van der Waals surface area contributed by atoms with Crippen LogP contribution in [0.3, 0.4) is 0 Å². The predicted octanol–water partition coefficient (Wildman–Crippen LogP) is 0.766. The number of methoxy groups -OCH3 is 1. The number of amides is 1. The molecule has 1 heterocycles. The Morgan fingerprint density at radius 2 is 2.22 bits per heavy atom. The van der Waals surface area contributed by atoms with Gasteiger partial charge in [-0.3, -0.25) is 4.79 Å². The third kappa shape index (κ3) is 3.22. The molecule has 5 nitrogen and oxygen atoms in total. The zero-order chi connectivity index (χ0) is 14.0. The second kappa shape index (κ2) is 5.55. The van der Waals surface area contributed by atoms with Gasteiger partial charge in [-0.1, -0.05) is 6.92 Å². The quantitative estimate of drug-likeness (QED) is 0.809. The minimum absolute atomic E-state index is 0.0160. The third-order valence-electron chi connectivity index (χ3n) is 3.61. The maximum absolute atomic E-state index is 12.5. The summed E-state index contributed by atoms with van der Waals surface area (Å²) in [4.78, 5) is 14.3. The second-order valence-electron chi connectivity index (χ2n) is 5.71. The van der Waals surface area contributed by atoms with Crippen molar-refractivity contribution in [3.05, 3.63) is 0 Å². The SMILES string of the molecule is CCC(C)(OC)C(=O)N1CC(CN)OC(C)(C)C1. The standard InChI is InChI=1S/C13H26N2O3/c1-6-13(4,17-5)11(16)15-8-10(7-14)18-12(2,3)9-15/h10H,6-9,14H2,1-5H3.